The number of alkyl carbamates (subject to hydrolysis) is 1. The fourth-order valence-corrected chi connectivity index (χ4v) is 10.7. The lowest BCUT2D eigenvalue weighted by Crippen LogP contribution is -2.52. The quantitative estimate of drug-likeness (QED) is 0.245. The molecule has 2 saturated heterocycles. The summed E-state index contributed by atoms with van der Waals surface area (Å²) < 4.78 is 17.2. The number of esters is 2. The highest BCUT2D eigenvalue weighted by Crippen LogP contribution is 2.67. The van der Waals surface area contributed by atoms with Crippen LogP contribution in [0.5, 0.6) is 0 Å². The molecule has 10 atom stereocenters. The molecule has 3 amide bonds. The normalized spacial score (nSPS) is 36.0. The van der Waals surface area contributed by atoms with Crippen LogP contribution < -0.4 is 11.1 Å². The molecule has 2 heterocycles. The van der Waals surface area contributed by atoms with Gasteiger partial charge in [0.25, 0.3) is 0 Å². The van der Waals surface area contributed by atoms with Crippen LogP contribution in [-0.4, -0.2) is 94.7 Å². The number of carbonyl (C=O) groups is 5. The number of nitrogens with two attached hydrogens (primary N) is 1. The Morgan fingerprint density at radius 2 is 1.11 bits per heavy atom. The van der Waals surface area contributed by atoms with E-state index in [1.54, 1.807) is 44.4 Å². The number of carbonyl (C=O) groups excluding carboxylic acids is 5. The van der Waals surface area contributed by atoms with Crippen LogP contribution in [0.25, 0.3) is 0 Å². The van der Waals surface area contributed by atoms with Crippen molar-refractivity contribution in [2.24, 2.45) is 39.2 Å². The second-order valence-corrected chi connectivity index (χ2v) is 19.6. The van der Waals surface area contributed by atoms with Crippen LogP contribution in [0.2, 0.25) is 0 Å². The first-order chi connectivity index (χ1) is 24.4. The molecule has 12 nitrogen and oxygen atoms in total. The minimum absolute atomic E-state index is 0.00761. The number of hydrogen-bond acceptors (Lipinski definition) is 9. The first-order valence-electron chi connectivity index (χ1n) is 20.2. The van der Waals surface area contributed by atoms with Crippen LogP contribution >= 0.6 is 0 Å². The van der Waals surface area contributed by atoms with Crippen LogP contribution in [0, 0.1) is 33.5 Å². The molecular formula is C41H68N4O8. The zero-order valence-corrected chi connectivity index (χ0v) is 34.3. The maximum absolute atomic E-state index is 13.1. The number of fused-ring (bicyclic) bond motifs is 4. The number of nitrogens with zero attached hydrogens (tertiary/aromatic N) is 2. The molecular weight excluding hydrogens is 676 g/mol. The molecule has 3 N–H and O–H groups in total. The predicted molar refractivity (Wildman–Crippen MR) is 200 cm³/mol. The van der Waals surface area contributed by atoms with Crippen molar-refractivity contribution in [3.63, 3.8) is 0 Å². The van der Waals surface area contributed by atoms with Gasteiger partial charge in [-0.3, -0.25) is 9.59 Å². The Labute approximate surface area is 317 Å². The Hall–Kier alpha value is -2.89. The van der Waals surface area contributed by atoms with E-state index in [9.17, 15) is 24.0 Å². The lowest BCUT2D eigenvalue weighted by Gasteiger charge is -2.39. The van der Waals surface area contributed by atoms with Gasteiger partial charge in [-0.15, -0.1) is 0 Å². The fraction of sp³-hybridized carbons (Fsp3) is 0.878. The third-order valence-electron chi connectivity index (χ3n) is 15.1. The molecule has 300 valence electrons. The summed E-state index contributed by atoms with van der Waals surface area (Å²) in [7, 11) is 0. The molecule has 0 aromatic carbocycles. The van der Waals surface area contributed by atoms with E-state index < -0.39 is 35.9 Å². The third-order valence-corrected chi connectivity index (χ3v) is 15.1. The highest BCUT2D eigenvalue weighted by atomic mass is 16.6. The topological polar surface area (TPSA) is 158 Å². The van der Waals surface area contributed by atoms with E-state index in [4.69, 9.17) is 19.9 Å². The molecule has 0 aromatic rings. The van der Waals surface area contributed by atoms with E-state index in [-0.39, 0.29) is 57.6 Å². The SMILES string of the molecule is C[C@H](N)C(=O)N1CCC[C@H]1C(=O)OC1CC2CCC1(C)C2(C)C.C[C@H](NC(=O)OC(C)(C)C)C(=O)N1CCC[C@H]1C(=O)OC1CC2CCC1(C)C2(C)C. The number of rotatable bonds is 7. The summed E-state index contributed by atoms with van der Waals surface area (Å²) in [5, 5.41) is 2.58. The Balaban J connectivity index is 0.000000211. The summed E-state index contributed by atoms with van der Waals surface area (Å²) in [5.41, 5.74) is 5.49. The third kappa shape index (κ3) is 7.56. The van der Waals surface area contributed by atoms with Crippen LogP contribution in [0.3, 0.4) is 0 Å². The lowest BCUT2D eigenvalue weighted by molar-refractivity contribution is -0.165. The van der Waals surface area contributed by atoms with Crippen molar-refractivity contribution in [1.29, 1.82) is 0 Å². The van der Waals surface area contributed by atoms with Gasteiger partial charge >= 0.3 is 18.0 Å². The highest BCUT2D eigenvalue weighted by Gasteiger charge is 2.64. The zero-order chi connectivity index (χ0) is 39.5. The Kier molecular flexibility index (Phi) is 11.4. The van der Waals surface area contributed by atoms with Gasteiger partial charge in [0.2, 0.25) is 11.8 Å². The van der Waals surface area contributed by atoms with Crippen molar-refractivity contribution in [2.75, 3.05) is 13.1 Å². The average Bonchev–Trinajstić information content (AvgIpc) is 3.87. The van der Waals surface area contributed by atoms with E-state index in [0.29, 0.717) is 37.8 Å². The fourth-order valence-electron chi connectivity index (χ4n) is 10.7. The molecule has 6 unspecified atom stereocenters. The van der Waals surface area contributed by atoms with Gasteiger partial charge in [0.15, 0.2) is 0 Å². The van der Waals surface area contributed by atoms with E-state index in [0.717, 1.165) is 38.5 Å². The van der Waals surface area contributed by atoms with Crippen molar-refractivity contribution in [1.82, 2.24) is 15.1 Å². The van der Waals surface area contributed by atoms with Gasteiger partial charge in [-0.1, -0.05) is 41.5 Å². The van der Waals surface area contributed by atoms with Crippen molar-refractivity contribution >= 4 is 29.8 Å². The lowest BCUT2D eigenvalue weighted by atomic mass is 9.70. The number of nitrogens with one attached hydrogen (secondary N) is 1. The van der Waals surface area contributed by atoms with Crippen LogP contribution in [0.4, 0.5) is 4.79 Å². The Morgan fingerprint density at radius 3 is 1.45 bits per heavy atom. The molecule has 6 aliphatic rings. The highest BCUT2D eigenvalue weighted by molar-refractivity contribution is 5.90. The van der Waals surface area contributed by atoms with Gasteiger partial charge < -0.3 is 35.1 Å². The smallest absolute Gasteiger partial charge is 0.408 e. The number of likely N-dealkylation sites (tertiary alicyclic amines) is 2. The van der Waals surface area contributed by atoms with Gasteiger partial charge in [0.1, 0.15) is 35.9 Å². The summed E-state index contributed by atoms with van der Waals surface area (Å²) in [5.74, 6) is 0.255. The minimum atomic E-state index is -0.771. The minimum Gasteiger partial charge on any atom is -0.460 e. The number of hydrogen-bond donors (Lipinski definition) is 2. The summed E-state index contributed by atoms with van der Waals surface area (Å²) in [6, 6.07) is -2.36. The Morgan fingerprint density at radius 1 is 0.698 bits per heavy atom. The summed E-state index contributed by atoms with van der Waals surface area (Å²) in [6.45, 7) is 23.4. The monoisotopic (exact) mass is 745 g/mol. The molecule has 53 heavy (non-hydrogen) atoms. The molecule has 12 heteroatoms. The predicted octanol–water partition coefficient (Wildman–Crippen LogP) is 5.73. The summed E-state index contributed by atoms with van der Waals surface area (Å²) >= 11 is 0. The van der Waals surface area contributed by atoms with Crippen molar-refractivity contribution in [2.45, 2.75) is 182 Å². The molecule has 4 aliphatic carbocycles. The van der Waals surface area contributed by atoms with Gasteiger partial charge in [-0.25, -0.2) is 14.4 Å². The number of amides is 3. The second kappa shape index (κ2) is 14.6. The van der Waals surface area contributed by atoms with Crippen molar-refractivity contribution < 1.29 is 38.2 Å². The maximum Gasteiger partial charge on any atom is 0.408 e. The van der Waals surface area contributed by atoms with E-state index in [1.807, 2.05) is 0 Å². The molecule has 6 fully saturated rings. The molecule has 4 saturated carbocycles. The second-order valence-electron chi connectivity index (χ2n) is 19.6. The van der Waals surface area contributed by atoms with Crippen LogP contribution in [0.1, 0.15) is 140 Å². The number of ether oxygens (including phenoxy) is 3. The Bertz CT molecular complexity index is 1440. The van der Waals surface area contributed by atoms with Crippen molar-refractivity contribution in [3.05, 3.63) is 0 Å². The molecule has 0 radical (unpaired) electrons. The van der Waals surface area contributed by atoms with E-state index in [1.165, 1.54) is 12.8 Å². The standard InChI is InChI=1S/C23H38N2O5.C18H30N2O3/c1-14(24-20(28)30-21(2,3)4)18(26)25-12-8-9-16(25)19(27)29-17-13-15-10-11-23(17,7)22(15,5)6;1-11(19)15(21)20-9-5-6-13(20)16(22)23-14-10-12-7-8-18(14,4)17(12,2)3/h14-17H,8-13H2,1-7H3,(H,24,28);11-14H,5-10,19H2,1-4H3/t14-,15?,16-,17?,23?;11-,12?,13-,14?,18?/m00/s1. The first-order valence-corrected chi connectivity index (χ1v) is 20.2. The largest absolute Gasteiger partial charge is 0.460 e. The molecule has 6 rings (SSSR count). The molecule has 4 bridgehead atoms. The average molecular weight is 745 g/mol. The van der Waals surface area contributed by atoms with E-state index >= 15 is 0 Å². The van der Waals surface area contributed by atoms with E-state index in [2.05, 4.69) is 46.9 Å². The molecule has 0 spiro atoms. The molecule has 2 aliphatic heterocycles. The van der Waals surface area contributed by atoms with Gasteiger partial charge in [-0.2, -0.15) is 0 Å². The van der Waals surface area contributed by atoms with Gasteiger partial charge in [0, 0.05) is 23.9 Å². The summed E-state index contributed by atoms with van der Waals surface area (Å²) in [4.78, 5) is 66.1. The van der Waals surface area contributed by atoms with Gasteiger partial charge in [0.05, 0.1) is 6.04 Å². The zero-order valence-electron chi connectivity index (χ0n) is 34.3. The summed E-state index contributed by atoms with van der Waals surface area (Å²) in [6.07, 6.45) is 8.63. The molecule has 0 aromatic heterocycles. The van der Waals surface area contributed by atoms with Crippen molar-refractivity contribution in [3.8, 4) is 0 Å². The maximum atomic E-state index is 13.1. The van der Waals surface area contributed by atoms with Crippen LogP contribution in [0.15, 0.2) is 0 Å². The van der Waals surface area contributed by atoms with Crippen LogP contribution in [-0.2, 0) is 33.4 Å². The van der Waals surface area contributed by atoms with Gasteiger partial charge in [-0.05, 0) is 121 Å². The first kappa shape index (κ1) is 41.3.